The van der Waals surface area contributed by atoms with E-state index in [-0.39, 0.29) is 35.6 Å². The van der Waals surface area contributed by atoms with Crippen LogP contribution in [0.5, 0.6) is 0 Å². The molecule has 1 unspecified atom stereocenters. The van der Waals surface area contributed by atoms with Crippen molar-refractivity contribution in [3.63, 3.8) is 0 Å². The second-order valence-electron chi connectivity index (χ2n) is 10.8. The van der Waals surface area contributed by atoms with E-state index in [0.29, 0.717) is 45.5 Å². The maximum absolute atomic E-state index is 14.7. The molecule has 0 saturated heterocycles. The fraction of sp³-hybridized carbons (Fsp3) is 0.219. The largest absolute Gasteiger partial charge is 0.309 e. The number of amides is 1. The zero-order valence-corrected chi connectivity index (χ0v) is 22.4. The molecule has 1 aliphatic carbocycles. The van der Waals surface area contributed by atoms with Crippen molar-refractivity contribution < 1.29 is 9.59 Å². The van der Waals surface area contributed by atoms with Gasteiger partial charge in [-0.15, -0.1) is 6.42 Å². The number of nitrogens with zero attached hydrogens (tertiary/aromatic N) is 4. The Morgan fingerprint density at radius 1 is 1.03 bits per heavy atom. The number of para-hydroxylation sites is 1. The number of fused-ring (bicyclic) bond motifs is 3. The Morgan fingerprint density at radius 3 is 2.46 bits per heavy atom. The third-order valence-corrected chi connectivity index (χ3v) is 7.98. The molecule has 2 aromatic carbocycles. The average Bonchev–Trinajstić information content (AvgIpc) is 3.51. The number of halogens is 1. The van der Waals surface area contributed by atoms with Gasteiger partial charge in [-0.05, 0) is 48.2 Å². The Hall–Kier alpha value is -4.52. The summed E-state index contributed by atoms with van der Waals surface area (Å²) in [4.78, 5) is 32.4. The van der Waals surface area contributed by atoms with Crippen LogP contribution in [0, 0.1) is 29.1 Å². The normalized spacial score (nSPS) is 21.7. The standard InChI is InChI=1S/C32H25ClN4O2/c1-4-14-36-25-13-6-5-12-23(25)32(30(36)39)24(20-34)29(35-15-7-8-16-35)37(22-11-9-10-21(33)17-22)26-18-31(2,3)19-27(38)28(26)32/h1,5-13,15-17H,14,18-19H2,2-3H3. The Kier molecular flexibility index (Phi) is 5.57. The lowest BCUT2D eigenvalue weighted by Gasteiger charge is -2.47. The van der Waals surface area contributed by atoms with Gasteiger partial charge in [0.2, 0.25) is 5.91 Å². The highest BCUT2D eigenvalue weighted by atomic mass is 35.5. The van der Waals surface area contributed by atoms with Crippen LogP contribution in [0.25, 0.3) is 5.82 Å². The van der Waals surface area contributed by atoms with Gasteiger partial charge in [-0.25, -0.2) is 0 Å². The van der Waals surface area contributed by atoms with E-state index in [4.69, 9.17) is 18.0 Å². The van der Waals surface area contributed by atoms with Crippen LogP contribution in [0.3, 0.4) is 0 Å². The van der Waals surface area contributed by atoms with Crippen molar-refractivity contribution in [2.75, 3.05) is 16.3 Å². The molecule has 0 bridgehead atoms. The van der Waals surface area contributed by atoms with Crippen LogP contribution in [-0.2, 0) is 15.0 Å². The maximum atomic E-state index is 14.7. The SMILES string of the molecule is C#CCN1C(=O)C2(C(C#N)=C(n3cccc3)N(c3cccc(Cl)c3)C3=C2C(=O)CC(C)(C)C3)c2ccccc21. The topological polar surface area (TPSA) is 69.3 Å². The van der Waals surface area contributed by atoms with E-state index in [0.717, 1.165) is 0 Å². The summed E-state index contributed by atoms with van der Waals surface area (Å²) in [6, 6.07) is 20.8. The van der Waals surface area contributed by atoms with E-state index in [2.05, 4.69) is 12.0 Å². The summed E-state index contributed by atoms with van der Waals surface area (Å²) >= 11 is 6.45. The van der Waals surface area contributed by atoms with E-state index in [1.54, 1.807) is 6.07 Å². The number of aromatic nitrogens is 1. The third kappa shape index (κ3) is 3.42. The number of hydrogen-bond acceptors (Lipinski definition) is 4. The number of benzene rings is 2. The van der Waals surface area contributed by atoms with E-state index in [1.165, 1.54) is 4.90 Å². The van der Waals surface area contributed by atoms with Gasteiger partial charge in [0.1, 0.15) is 17.3 Å². The first kappa shape index (κ1) is 24.8. The number of nitriles is 1. The molecule has 0 fully saturated rings. The molecule has 39 heavy (non-hydrogen) atoms. The second-order valence-corrected chi connectivity index (χ2v) is 11.3. The molecule has 192 valence electrons. The minimum atomic E-state index is -1.63. The Morgan fingerprint density at radius 2 is 1.77 bits per heavy atom. The lowest BCUT2D eigenvalue weighted by Crippen LogP contribution is -2.53. The van der Waals surface area contributed by atoms with Crippen LogP contribution in [0.15, 0.2) is 89.9 Å². The maximum Gasteiger partial charge on any atom is 0.248 e. The molecule has 1 aromatic heterocycles. The molecule has 1 spiro atoms. The molecular formula is C32H25ClN4O2. The lowest BCUT2D eigenvalue weighted by molar-refractivity contribution is -0.124. The van der Waals surface area contributed by atoms with E-state index >= 15 is 0 Å². The molecule has 7 heteroatoms. The highest BCUT2D eigenvalue weighted by Gasteiger charge is 2.63. The van der Waals surface area contributed by atoms with Gasteiger partial charge in [-0.2, -0.15) is 5.26 Å². The summed E-state index contributed by atoms with van der Waals surface area (Å²) in [5.74, 6) is 2.54. The number of ketones is 1. The zero-order chi connectivity index (χ0) is 27.5. The van der Waals surface area contributed by atoms with Crippen LogP contribution in [0.1, 0.15) is 32.3 Å². The predicted molar refractivity (Wildman–Crippen MR) is 152 cm³/mol. The fourth-order valence-corrected chi connectivity index (χ4v) is 6.55. The monoisotopic (exact) mass is 532 g/mol. The van der Waals surface area contributed by atoms with Gasteiger partial charge in [0.15, 0.2) is 5.78 Å². The first-order valence-electron chi connectivity index (χ1n) is 12.7. The molecule has 6 rings (SSSR count). The van der Waals surface area contributed by atoms with Crippen LogP contribution in [0.4, 0.5) is 11.4 Å². The van der Waals surface area contributed by atoms with Crippen molar-refractivity contribution in [3.8, 4) is 18.4 Å². The number of anilines is 2. The van der Waals surface area contributed by atoms with Crippen LogP contribution in [-0.4, -0.2) is 22.8 Å². The summed E-state index contributed by atoms with van der Waals surface area (Å²) in [5.41, 5.74) is 1.10. The van der Waals surface area contributed by atoms with Gasteiger partial charge in [0.05, 0.1) is 12.1 Å². The van der Waals surface area contributed by atoms with Gasteiger partial charge in [0.25, 0.3) is 0 Å². The van der Waals surface area contributed by atoms with Crippen LogP contribution < -0.4 is 9.80 Å². The summed E-state index contributed by atoms with van der Waals surface area (Å²) in [6.07, 6.45) is 10.1. The van der Waals surface area contributed by atoms with Crippen molar-refractivity contribution in [1.82, 2.24) is 4.57 Å². The highest BCUT2D eigenvalue weighted by molar-refractivity contribution is 6.31. The van der Waals surface area contributed by atoms with E-state index in [1.807, 2.05) is 90.3 Å². The smallest absolute Gasteiger partial charge is 0.248 e. The quantitative estimate of drug-likeness (QED) is 0.393. The van der Waals surface area contributed by atoms with Crippen molar-refractivity contribution in [2.24, 2.45) is 5.41 Å². The predicted octanol–water partition coefficient (Wildman–Crippen LogP) is 5.91. The third-order valence-electron chi connectivity index (χ3n) is 7.75. The highest BCUT2D eigenvalue weighted by Crippen LogP contribution is 2.59. The molecule has 1 amide bonds. The number of Topliss-reactive ketones (excluding diaryl/α,β-unsaturated/α-hetero) is 1. The summed E-state index contributed by atoms with van der Waals surface area (Å²) < 4.78 is 1.83. The minimum Gasteiger partial charge on any atom is -0.309 e. The van der Waals surface area contributed by atoms with Gasteiger partial charge >= 0.3 is 0 Å². The Bertz CT molecular complexity index is 1700. The molecule has 1 atom stereocenters. The molecule has 2 aliphatic heterocycles. The van der Waals surface area contributed by atoms with E-state index < -0.39 is 5.41 Å². The lowest BCUT2D eigenvalue weighted by atomic mass is 9.60. The molecule has 0 N–H and O–H groups in total. The molecular weight excluding hydrogens is 508 g/mol. The molecule has 0 saturated carbocycles. The number of carbonyl (C=O) groups is 2. The number of carbonyl (C=O) groups excluding carboxylic acids is 2. The Labute approximate surface area is 232 Å². The first-order chi connectivity index (χ1) is 18.7. The summed E-state index contributed by atoms with van der Waals surface area (Å²) in [6.45, 7) is 4.12. The molecule has 3 aromatic rings. The van der Waals surface area contributed by atoms with Gasteiger partial charge in [-0.3, -0.25) is 19.4 Å². The number of allylic oxidation sites excluding steroid dienone is 1. The molecule has 6 nitrogen and oxygen atoms in total. The molecule has 3 aliphatic rings. The Balaban J connectivity index is 1.81. The van der Waals surface area contributed by atoms with Crippen molar-refractivity contribution >= 4 is 40.5 Å². The fourth-order valence-electron chi connectivity index (χ4n) is 6.37. The zero-order valence-electron chi connectivity index (χ0n) is 21.6. The van der Waals surface area contributed by atoms with Gasteiger partial charge in [-0.1, -0.05) is 55.6 Å². The van der Waals surface area contributed by atoms with Crippen molar-refractivity contribution in [2.45, 2.75) is 32.1 Å². The second kappa shape index (κ2) is 8.76. The van der Waals surface area contributed by atoms with Crippen molar-refractivity contribution in [1.29, 1.82) is 5.26 Å². The number of rotatable bonds is 3. The summed E-state index contributed by atoms with van der Waals surface area (Å²) in [7, 11) is 0. The van der Waals surface area contributed by atoms with Crippen molar-refractivity contribution in [3.05, 3.63) is 100 Å². The first-order valence-corrected chi connectivity index (χ1v) is 13.1. The number of terminal acetylenes is 1. The minimum absolute atomic E-state index is 0.0233. The van der Waals surface area contributed by atoms with Gasteiger partial charge in [0, 0.05) is 52.0 Å². The number of hydrogen-bond donors (Lipinski definition) is 0. The molecule has 3 heterocycles. The summed E-state index contributed by atoms with van der Waals surface area (Å²) in [5, 5.41) is 11.4. The molecule has 0 radical (unpaired) electrons. The van der Waals surface area contributed by atoms with Crippen LogP contribution in [0.2, 0.25) is 5.02 Å². The average molecular weight is 533 g/mol. The van der Waals surface area contributed by atoms with Crippen LogP contribution >= 0.6 is 11.6 Å². The van der Waals surface area contributed by atoms with E-state index in [9.17, 15) is 14.9 Å². The van der Waals surface area contributed by atoms with Gasteiger partial charge < -0.3 is 4.57 Å².